The summed E-state index contributed by atoms with van der Waals surface area (Å²) >= 11 is 0. The van der Waals surface area contributed by atoms with Crippen molar-refractivity contribution in [3.8, 4) is 0 Å². The average Bonchev–Trinajstić information content (AvgIpc) is 2.59. The van der Waals surface area contributed by atoms with Gasteiger partial charge in [0, 0.05) is 25.2 Å². The normalized spacial score (nSPS) is 45.3. The zero-order chi connectivity index (χ0) is 13.6. The summed E-state index contributed by atoms with van der Waals surface area (Å²) in [7, 11) is 0. The zero-order valence-electron chi connectivity index (χ0n) is 13.0. The monoisotopic (exact) mass is 252 g/mol. The van der Waals surface area contributed by atoms with Gasteiger partial charge in [0.1, 0.15) is 0 Å². The van der Waals surface area contributed by atoms with Gasteiger partial charge < -0.3 is 5.73 Å². The van der Waals surface area contributed by atoms with Gasteiger partial charge in [0.2, 0.25) is 0 Å². The van der Waals surface area contributed by atoms with Gasteiger partial charge in [-0.25, -0.2) is 0 Å². The van der Waals surface area contributed by atoms with Crippen molar-refractivity contribution in [1.82, 2.24) is 4.90 Å². The van der Waals surface area contributed by atoms with E-state index in [2.05, 4.69) is 39.5 Å². The Bertz CT molecular complexity index is 289. The molecule has 0 amide bonds. The van der Waals surface area contributed by atoms with Gasteiger partial charge >= 0.3 is 0 Å². The Morgan fingerprint density at radius 1 is 1.06 bits per heavy atom. The Balaban J connectivity index is 2.17. The summed E-state index contributed by atoms with van der Waals surface area (Å²) in [6, 6.07) is 0. The predicted octanol–water partition coefficient (Wildman–Crippen LogP) is 3.12. The summed E-state index contributed by atoms with van der Waals surface area (Å²) in [4.78, 5) is 2.74. The van der Waals surface area contributed by atoms with E-state index >= 15 is 0 Å². The van der Waals surface area contributed by atoms with Gasteiger partial charge in [-0.15, -0.1) is 0 Å². The van der Waals surface area contributed by atoms with Crippen molar-refractivity contribution in [3.63, 3.8) is 0 Å². The van der Waals surface area contributed by atoms with E-state index in [1.165, 1.54) is 32.4 Å². The fourth-order valence-corrected chi connectivity index (χ4v) is 4.32. The lowest BCUT2D eigenvalue weighted by atomic mass is 9.63. The molecule has 2 heteroatoms. The summed E-state index contributed by atoms with van der Waals surface area (Å²) in [6.45, 7) is 15.4. The van der Waals surface area contributed by atoms with Crippen molar-refractivity contribution in [3.05, 3.63) is 0 Å². The molecule has 0 aromatic carbocycles. The van der Waals surface area contributed by atoms with E-state index < -0.39 is 0 Å². The van der Waals surface area contributed by atoms with Gasteiger partial charge in [0.05, 0.1) is 0 Å². The first-order valence-electron chi connectivity index (χ1n) is 7.76. The lowest BCUT2D eigenvalue weighted by Gasteiger charge is -2.53. The number of nitrogens with zero attached hydrogens (tertiary/aromatic N) is 1. The Kier molecular flexibility index (Phi) is 3.81. The predicted molar refractivity (Wildman–Crippen MR) is 78.5 cm³/mol. The van der Waals surface area contributed by atoms with Gasteiger partial charge in [-0.3, -0.25) is 4.90 Å². The second-order valence-electron chi connectivity index (χ2n) is 7.94. The highest BCUT2D eigenvalue weighted by molar-refractivity contribution is 5.04. The molecule has 2 N–H and O–H groups in total. The number of nitrogens with two attached hydrogens (primary N) is 1. The largest absolute Gasteiger partial charge is 0.329 e. The summed E-state index contributed by atoms with van der Waals surface area (Å²) in [5.41, 5.74) is 7.04. The van der Waals surface area contributed by atoms with Crippen LogP contribution in [0.15, 0.2) is 0 Å². The van der Waals surface area contributed by atoms with Crippen LogP contribution in [-0.4, -0.2) is 30.1 Å². The zero-order valence-corrected chi connectivity index (χ0v) is 13.0. The molecule has 1 saturated heterocycles. The summed E-state index contributed by atoms with van der Waals surface area (Å²) < 4.78 is 0. The van der Waals surface area contributed by atoms with Crippen LogP contribution < -0.4 is 5.73 Å². The van der Waals surface area contributed by atoms with Crippen LogP contribution in [0.25, 0.3) is 0 Å². The molecule has 0 bridgehead atoms. The molecule has 0 aromatic rings. The van der Waals surface area contributed by atoms with Crippen LogP contribution >= 0.6 is 0 Å². The molecule has 2 nitrogen and oxygen atoms in total. The topological polar surface area (TPSA) is 29.3 Å². The van der Waals surface area contributed by atoms with Crippen molar-refractivity contribution >= 4 is 0 Å². The fraction of sp³-hybridized carbons (Fsp3) is 1.00. The highest BCUT2D eigenvalue weighted by atomic mass is 15.2. The van der Waals surface area contributed by atoms with Crippen molar-refractivity contribution in [1.29, 1.82) is 0 Å². The molecule has 2 fully saturated rings. The fourth-order valence-electron chi connectivity index (χ4n) is 4.32. The SMILES string of the molecule is CC1CN(C2(CN)CCC(C)(C)CC2C)CC1C. The molecule has 0 radical (unpaired) electrons. The van der Waals surface area contributed by atoms with Crippen LogP contribution in [0.1, 0.15) is 53.9 Å². The van der Waals surface area contributed by atoms with E-state index in [-0.39, 0.29) is 5.54 Å². The molecule has 0 aromatic heterocycles. The molecule has 2 rings (SSSR count). The Labute approximate surface area is 113 Å². The first-order valence-corrected chi connectivity index (χ1v) is 7.76. The number of hydrogen-bond acceptors (Lipinski definition) is 2. The smallest absolute Gasteiger partial charge is 0.0357 e. The molecule has 1 saturated carbocycles. The third kappa shape index (κ3) is 2.34. The molecule has 106 valence electrons. The number of likely N-dealkylation sites (tertiary alicyclic amines) is 1. The molecule has 4 unspecified atom stereocenters. The number of rotatable bonds is 2. The van der Waals surface area contributed by atoms with E-state index in [0.29, 0.717) is 5.41 Å². The van der Waals surface area contributed by atoms with Gasteiger partial charge in [0.25, 0.3) is 0 Å². The van der Waals surface area contributed by atoms with E-state index in [1.807, 2.05) is 0 Å². The molecule has 1 aliphatic carbocycles. The molecule has 2 aliphatic rings. The first-order chi connectivity index (χ1) is 8.31. The van der Waals surface area contributed by atoms with Crippen molar-refractivity contribution in [2.75, 3.05) is 19.6 Å². The third-order valence-corrected chi connectivity index (χ3v) is 5.98. The Morgan fingerprint density at radius 3 is 2.06 bits per heavy atom. The molecular weight excluding hydrogens is 220 g/mol. The van der Waals surface area contributed by atoms with Crippen LogP contribution in [-0.2, 0) is 0 Å². The van der Waals surface area contributed by atoms with Crippen molar-refractivity contribution < 1.29 is 0 Å². The Morgan fingerprint density at radius 2 is 1.61 bits per heavy atom. The van der Waals surface area contributed by atoms with Crippen LogP contribution in [0.3, 0.4) is 0 Å². The molecule has 1 heterocycles. The lowest BCUT2D eigenvalue weighted by molar-refractivity contribution is -0.0116. The molecule has 0 spiro atoms. The summed E-state index contributed by atoms with van der Waals surface area (Å²) in [5, 5.41) is 0. The van der Waals surface area contributed by atoms with Crippen LogP contribution in [0.4, 0.5) is 0 Å². The molecule has 18 heavy (non-hydrogen) atoms. The quantitative estimate of drug-likeness (QED) is 0.818. The first kappa shape index (κ1) is 14.3. The van der Waals surface area contributed by atoms with Gasteiger partial charge in [-0.2, -0.15) is 0 Å². The van der Waals surface area contributed by atoms with Crippen LogP contribution in [0.2, 0.25) is 0 Å². The van der Waals surface area contributed by atoms with Crippen LogP contribution in [0, 0.1) is 23.2 Å². The second kappa shape index (κ2) is 4.79. The second-order valence-corrected chi connectivity index (χ2v) is 7.94. The minimum absolute atomic E-state index is 0.286. The summed E-state index contributed by atoms with van der Waals surface area (Å²) in [5.74, 6) is 2.38. The minimum Gasteiger partial charge on any atom is -0.329 e. The average molecular weight is 252 g/mol. The Hall–Kier alpha value is -0.0800. The molecule has 1 aliphatic heterocycles. The van der Waals surface area contributed by atoms with Crippen molar-refractivity contribution in [2.45, 2.75) is 59.4 Å². The van der Waals surface area contributed by atoms with E-state index in [0.717, 1.165) is 24.3 Å². The van der Waals surface area contributed by atoms with E-state index in [4.69, 9.17) is 5.73 Å². The lowest BCUT2D eigenvalue weighted by Crippen LogP contribution is -2.60. The third-order valence-electron chi connectivity index (χ3n) is 5.98. The minimum atomic E-state index is 0.286. The molecule has 4 atom stereocenters. The number of hydrogen-bond donors (Lipinski definition) is 1. The van der Waals surface area contributed by atoms with Crippen LogP contribution in [0.5, 0.6) is 0 Å². The standard InChI is InChI=1S/C16H32N2/c1-12-9-18(10-13(12)2)16(11-17)7-6-15(4,5)8-14(16)3/h12-14H,6-11,17H2,1-5H3. The van der Waals surface area contributed by atoms with Crippen molar-refractivity contribution in [2.24, 2.45) is 28.9 Å². The maximum Gasteiger partial charge on any atom is 0.0357 e. The van der Waals surface area contributed by atoms with Gasteiger partial charge in [-0.05, 0) is 42.4 Å². The molecular formula is C16H32N2. The van der Waals surface area contributed by atoms with E-state index in [9.17, 15) is 0 Å². The highest BCUT2D eigenvalue weighted by Gasteiger charge is 2.48. The van der Waals surface area contributed by atoms with Gasteiger partial charge in [-0.1, -0.05) is 34.6 Å². The maximum absolute atomic E-state index is 6.25. The summed E-state index contributed by atoms with van der Waals surface area (Å²) in [6.07, 6.45) is 3.94. The maximum atomic E-state index is 6.25. The highest BCUT2D eigenvalue weighted by Crippen LogP contribution is 2.47. The van der Waals surface area contributed by atoms with Gasteiger partial charge in [0.15, 0.2) is 0 Å². The van der Waals surface area contributed by atoms with E-state index in [1.54, 1.807) is 0 Å².